The fraction of sp³-hybridized carbons (Fsp3) is 0.603. The molecule has 0 saturated heterocycles. The molecular formula is C73H116O6. The van der Waals surface area contributed by atoms with Crippen molar-refractivity contribution in [2.24, 2.45) is 0 Å². The van der Waals surface area contributed by atoms with Crippen molar-refractivity contribution in [1.29, 1.82) is 0 Å². The summed E-state index contributed by atoms with van der Waals surface area (Å²) < 4.78 is 16.8. The van der Waals surface area contributed by atoms with Crippen LogP contribution in [-0.2, 0) is 28.6 Å². The van der Waals surface area contributed by atoms with Gasteiger partial charge in [-0.1, -0.05) is 256 Å². The summed E-state index contributed by atoms with van der Waals surface area (Å²) in [6.07, 6.45) is 95.4. The fourth-order valence-electron chi connectivity index (χ4n) is 8.27. The van der Waals surface area contributed by atoms with Gasteiger partial charge in [0, 0.05) is 19.3 Å². The number of carbonyl (C=O) groups is 3. The topological polar surface area (TPSA) is 78.9 Å². The third-order valence-corrected chi connectivity index (χ3v) is 13.0. The lowest BCUT2D eigenvalue weighted by Crippen LogP contribution is -2.30. The zero-order valence-electron chi connectivity index (χ0n) is 50.8. The molecule has 0 bridgehead atoms. The average Bonchev–Trinajstić information content (AvgIpc) is 3.45. The van der Waals surface area contributed by atoms with Gasteiger partial charge in [-0.05, 0) is 148 Å². The molecule has 444 valence electrons. The number of rotatable bonds is 56. The van der Waals surface area contributed by atoms with Crippen LogP contribution in [-0.4, -0.2) is 37.2 Å². The molecule has 0 aromatic carbocycles. The third-order valence-electron chi connectivity index (χ3n) is 13.0. The van der Waals surface area contributed by atoms with E-state index in [1.807, 2.05) is 0 Å². The van der Waals surface area contributed by atoms with E-state index >= 15 is 0 Å². The Balaban J connectivity index is 4.27. The molecule has 0 saturated carbocycles. The van der Waals surface area contributed by atoms with Gasteiger partial charge < -0.3 is 14.2 Å². The standard InChI is InChI=1S/C73H116O6/c1-4-7-10-13-16-19-22-25-26-27-28-29-30-31-32-33-34-35-36-37-38-39-40-41-42-43-44-45-46-49-51-54-57-60-63-66-72(75)78-69-70(79-73(76)67-64-61-58-55-52-48-24-21-18-15-12-9-6-3)68-77-71(74)65-62-59-56-53-50-47-23-20-17-14-11-8-5-2/h7,9-10,12,16,18-21,23,25-26,28-29,31-32,34-35,37-38,40-41,43-44,48,52,70H,4-6,8,11,13-15,17,22,24,27,30,33,36,39,42,45-47,49-51,53-69H2,1-3H3/b10-7-,12-9-,19-16-,21-18-,23-20-,26-25-,29-28-,32-31-,35-34-,38-37-,41-40-,44-43-,52-48-. The number of carbonyl (C=O) groups excluding carboxylic acids is 3. The highest BCUT2D eigenvalue weighted by Gasteiger charge is 2.19. The highest BCUT2D eigenvalue weighted by molar-refractivity contribution is 5.71. The molecule has 0 fully saturated rings. The second-order valence-corrected chi connectivity index (χ2v) is 20.5. The van der Waals surface area contributed by atoms with E-state index in [1.54, 1.807) is 0 Å². The van der Waals surface area contributed by atoms with E-state index in [1.165, 1.54) is 64.2 Å². The van der Waals surface area contributed by atoms with Crippen LogP contribution in [0.15, 0.2) is 158 Å². The van der Waals surface area contributed by atoms with Gasteiger partial charge in [0.15, 0.2) is 6.10 Å². The van der Waals surface area contributed by atoms with E-state index in [9.17, 15) is 14.4 Å². The fourth-order valence-corrected chi connectivity index (χ4v) is 8.27. The second-order valence-electron chi connectivity index (χ2n) is 20.5. The first kappa shape index (κ1) is 74.0. The van der Waals surface area contributed by atoms with Crippen molar-refractivity contribution in [2.75, 3.05) is 13.2 Å². The van der Waals surface area contributed by atoms with Crippen LogP contribution >= 0.6 is 0 Å². The Bertz CT molecular complexity index is 1780. The molecule has 0 aliphatic carbocycles. The number of hydrogen-bond acceptors (Lipinski definition) is 6. The van der Waals surface area contributed by atoms with Crippen LogP contribution < -0.4 is 0 Å². The summed E-state index contributed by atoms with van der Waals surface area (Å²) in [5.41, 5.74) is 0. The van der Waals surface area contributed by atoms with Crippen molar-refractivity contribution in [2.45, 2.75) is 271 Å². The van der Waals surface area contributed by atoms with Crippen LogP contribution in [0.4, 0.5) is 0 Å². The molecule has 0 aliphatic rings. The van der Waals surface area contributed by atoms with Crippen molar-refractivity contribution in [1.82, 2.24) is 0 Å². The van der Waals surface area contributed by atoms with E-state index in [-0.39, 0.29) is 37.5 Å². The molecular weight excluding hydrogens is 973 g/mol. The van der Waals surface area contributed by atoms with E-state index in [0.717, 1.165) is 161 Å². The Morgan fingerprint density at radius 2 is 0.494 bits per heavy atom. The zero-order chi connectivity index (χ0) is 57.1. The van der Waals surface area contributed by atoms with Crippen molar-refractivity contribution in [3.63, 3.8) is 0 Å². The van der Waals surface area contributed by atoms with Gasteiger partial charge >= 0.3 is 17.9 Å². The maximum atomic E-state index is 12.8. The van der Waals surface area contributed by atoms with Crippen molar-refractivity contribution in [3.05, 3.63) is 158 Å². The Morgan fingerprint density at radius 3 is 0.797 bits per heavy atom. The summed E-state index contributed by atoms with van der Waals surface area (Å²) in [6, 6.07) is 0. The van der Waals surface area contributed by atoms with Crippen LogP contribution in [0.1, 0.15) is 265 Å². The van der Waals surface area contributed by atoms with Gasteiger partial charge in [0.2, 0.25) is 0 Å². The van der Waals surface area contributed by atoms with Crippen LogP contribution in [0.25, 0.3) is 0 Å². The molecule has 6 nitrogen and oxygen atoms in total. The molecule has 0 amide bonds. The van der Waals surface area contributed by atoms with Crippen molar-refractivity contribution >= 4 is 17.9 Å². The summed E-state index contributed by atoms with van der Waals surface area (Å²) in [4.78, 5) is 38.2. The number of allylic oxidation sites excluding steroid dienone is 26. The van der Waals surface area contributed by atoms with E-state index in [2.05, 4.69) is 179 Å². The van der Waals surface area contributed by atoms with Gasteiger partial charge in [-0.3, -0.25) is 14.4 Å². The molecule has 1 unspecified atom stereocenters. The molecule has 0 rings (SSSR count). The lowest BCUT2D eigenvalue weighted by Gasteiger charge is -2.18. The molecule has 0 radical (unpaired) electrons. The first-order valence-electron chi connectivity index (χ1n) is 32.0. The molecule has 79 heavy (non-hydrogen) atoms. The molecule has 0 spiro atoms. The predicted octanol–water partition coefficient (Wildman–Crippen LogP) is 22.1. The van der Waals surface area contributed by atoms with Crippen molar-refractivity contribution in [3.8, 4) is 0 Å². The Kier molecular flexibility index (Phi) is 61.4. The minimum Gasteiger partial charge on any atom is -0.462 e. The first-order valence-corrected chi connectivity index (χ1v) is 32.0. The van der Waals surface area contributed by atoms with E-state index < -0.39 is 6.10 Å². The van der Waals surface area contributed by atoms with Gasteiger partial charge in [0.25, 0.3) is 0 Å². The SMILES string of the molecule is CC/C=C\C/C=C\C/C=C\C/C=C\C/C=C\C/C=C\C/C=C\C/C=C\C/C=C\CCCCCCCCCC(=O)OCC(COC(=O)CCCCCCC/C=C\CCCCCC)OC(=O)CCCCC/C=C\C/C=C\C/C=C\CC. The summed E-state index contributed by atoms with van der Waals surface area (Å²) in [5.74, 6) is -0.956. The van der Waals surface area contributed by atoms with Gasteiger partial charge in [-0.2, -0.15) is 0 Å². The summed E-state index contributed by atoms with van der Waals surface area (Å²) >= 11 is 0. The molecule has 1 atom stereocenters. The maximum absolute atomic E-state index is 12.8. The molecule has 0 heterocycles. The normalized spacial score (nSPS) is 13.2. The summed E-state index contributed by atoms with van der Waals surface area (Å²) in [6.45, 7) is 6.34. The number of ether oxygens (including phenoxy) is 3. The molecule has 0 aromatic rings. The second kappa shape index (κ2) is 65.5. The number of hydrogen-bond donors (Lipinski definition) is 0. The summed E-state index contributed by atoms with van der Waals surface area (Å²) in [5, 5.41) is 0. The highest BCUT2D eigenvalue weighted by Crippen LogP contribution is 2.14. The van der Waals surface area contributed by atoms with E-state index in [4.69, 9.17) is 14.2 Å². The van der Waals surface area contributed by atoms with E-state index in [0.29, 0.717) is 12.8 Å². The largest absolute Gasteiger partial charge is 0.462 e. The van der Waals surface area contributed by atoms with Gasteiger partial charge in [-0.15, -0.1) is 0 Å². The van der Waals surface area contributed by atoms with Crippen LogP contribution in [0.3, 0.4) is 0 Å². The minimum absolute atomic E-state index is 0.102. The van der Waals surface area contributed by atoms with Gasteiger partial charge in [0.05, 0.1) is 0 Å². The van der Waals surface area contributed by atoms with Crippen molar-refractivity contribution < 1.29 is 28.6 Å². The van der Waals surface area contributed by atoms with Crippen LogP contribution in [0, 0.1) is 0 Å². The molecule has 0 aromatic heterocycles. The summed E-state index contributed by atoms with van der Waals surface area (Å²) in [7, 11) is 0. The quantitative estimate of drug-likeness (QED) is 0.0261. The molecule has 0 N–H and O–H groups in total. The Labute approximate surface area is 486 Å². The number of esters is 3. The number of unbranched alkanes of at least 4 members (excludes halogenated alkanes) is 19. The zero-order valence-corrected chi connectivity index (χ0v) is 50.8. The highest BCUT2D eigenvalue weighted by atomic mass is 16.6. The Hall–Kier alpha value is -4.97. The minimum atomic E-state index is -0.808. The molecule has 0 aliphatic heterocycles. The average molecular weight is 1090 g/mol. The first-order chi connectivity index (χ1) is 39.0. The van der Waals surface area contributed by atoms with Crippen LogP contribution in [0.2, 0.25) is 0 Å². The Morgan fingerprint density at radius 1 is 0.266 bits per heavy atom. The van der Waals surface area contributed by atoms with Gasteiger partial charge in [-0.25, -0.2) is 0 Å². The maximum Gasteiger partial charge on any atom is 0.306 e. The molecule has 6 heteroatoms. The monoisotopic (exact) mass is 1090 g/mol. The van der Waals surface area contributed by atoms with Gasteiger partial charge in [0.1, 0.15) is 13.2 Å². The third kappa shape index (κ3) is 63.7. The predicted molar refractivity (Wildman–Crippen MR) is 343 cm³/mol. The lowest BCUT2D eigenvalue weighted by molar-refractivity contribution is -0.167. The lowest BCUT2D eigenvalue weighted by atomic mass is 10.1. The smallest absolute Gasteiger partial charge is 0.306 e. The van der Waals surface area contributed by atoms with Crippen LogP contribution in [0.5, 0.6) is 0 Å².